The number of nitrogens with one attached hydrogen (secondary N) is 1. The average Bonchev–Trinajstić information content (AvgIpc) is 2.86. The lowest BCUT2D eigenvalue weighted by Crippen LogP contribution is -2.04. The Labute approximate surface area is 151 Å². The smallest absolute Gasteiger partial charge is 0.151 e. The molecule has 3 rings (SSSR count). The molecule has 0 atom stereocenters. The molecule has 0 radical (unpaired) electrons. The first-order valence-corrected chi connectivity index (χ1v) is 8.27. The molecule has 0 saturated heterocycles. The number of aryl methyl sites for hydroxylation is 2. The van der Waals surface area contributed by atoms with E-state index in [-0.39, 0.29) is 5.69 Å². The van der Waals surface area contributed by atoms with Crippen molar-refractivity contribution in [3.8, 4) is 0 Å². The second-order valence-corrected chi connectivity index (χ2v) is 6.22. The summed E-state index contributed by atoms with van der Waals surface area (Å²) in [7, 11) is 0. The third-order valence-corrected chi connectivity index (χ3v) is 4.20. The van der Waals surface area contributed by atoms with Crippen molar-refractivity contribution in [3.63, 3.8) is 0 Å². The second kappa shape index (κ2) is 7.47. The fourth-order valence-electron chi connectivity index (χ4n) is 2.66. The lowest BCUT2D eigenvalue weighted by molar-refractivity contribution is 0.585. The molecule has 0 unspecified atom stereocenters. The molecule has 0 spiro atoms. The van der Waals surface area contributed by atoms with Crippen molar-refractivity contribution in [3.05, 3.63) is 82.2 Å². The molecule has 0 aliphatic carbocycles. The minimum Gasteiger partial charge on any atom is -0.276 e. The molecule has 4 nitrogen and oxygen atoms in total. The minimum absolute atomic E-state index is 0.116. The number of nitrogens with zero attached hydrogens (tertiary/aromatic N) is 3. The van der Waals surface area contributed by atoms with Gasteiger partial charge in [0, 0.05) is 17.3 Å². The lowest BCUT2D eigenvalue weighted by atomic mass is 10.1. The maximum atomic E-state index is 13.6. The first kappa shape index (κ1) is 17.8. The highest BCUT2D eigenvalue weighted by Crippen LogP contribution is 2.16. The van der Waals surface area contributed by atoms with E-state index in [4.69, 9.17) is 0 Å². The van der Waals surface area contributed by atoms with Crippen LogP contribution in [0, 0.1) is 32.4 Å². The van der Waals surface area contributed by atoms with Crippen LogP contribution in [0.4, 0.5) is 14.5 Å². The topological polar surface area (TPSA) is 42.2 Å². The van der Waals surface area contributed by atoms with Crippen molar-refractivity contribution in [2.75, 3.05) is 5.43 Å². The number of rotatable bonds is 5. The Morgan fingerprint density at radius 3 is 2.50 bits per heavy atom. The normalized spacial score (nSPS) is 11.3. The maximum absolute atomic E-state index is 13.6. The standard InChI is InChI=1S/C20H20F2N4/c1-13-4-6-16(7-5-13)12-26-15(3)18(14(2)25-26)11-23-24-20-9-8-17(21)10-19(20)22/h4-11,24H,12H2,1-3H3/b23-11+. The molecule has 0 aliphatic heterocycles. The predicted molar refractivity (Wildman–Crippen MR) is 99.6 cm³/mol. The molecule has 1 heterocycles. The molecule has 0 saturated carbocycles. The molecule has 0 amide bonds. The molecule has 2 aromatic carbocycles. The van der Waals surface area contributed by atoms with Gasteiger partial charge in [-0.15, -0.1) is 0 Å². The van der Waals surface area contributed by atoms with Crippen molar-refractivity contribution in [2.24, 2.45) is 5.10 Å². The summed E-state index contributed by atoms with van der Waals surface area (Å²) in [5, 5.41) is 8.62. The molecule has 3 aromatic rings. The quantitative estimate of drug-likeness (QED) is 0.538. The van der Waals surface area contributed by atoms with Crippen LogP contribution in [-0.4, -0.2) is 16.0 Å². The number of aromatic nitrogens is 2. The van der Waals surface area contributed by atoms with E-state index in [0.717, 1.165) is 28.6 Å². The summed E-state index contributed by atoms with van der Waals surface area (Å²) in [6, 6.07) is 11.6. The molecule has 26 heavy (non-hydrogen) atoms. The van der Waals surface area contributed by atoms with Gasteiger partial charge in [-0.3, -0.25) is 10.1 Å². The van der Waals surface area contributed by atoms with Crippen LogP contribution >= 0.6 is 0 Å². The van der Waals surface area contributed by atoms with Crippen LogP contribution in [0.2, 0.25) is 0 Å². The van der Waals surface area contributed by atoms with E-state index in [9.17, 15) is 8.78 Å². The van der Waals surface area contributed by atoms with Crippen molar-refractivity contribution >= 4 is 11.9 Å². The molecule has 0 fully saturated rings. The first-order chi connectivity index (χ1) is 12.4. The van der Waals surface area contributed by atoms with E-state index in [1.807, 2.05) is 18.5 Å². The molecule has 1 aromatic heterocycles. The predicted octanol–water partition coefficient (Wildman–Crippen LogP) is 4.58. The number of hydrazone groups is 1. The van der Waals surface area contributed by atoms with E-state index >= 15 is 0 Å². The second-order valence-electron chi connectivity index (χ2n) is 6.22. The fraction of sp³-hybridized carbons (Fsp3) is 0.200. The van der Waals surface area contributed by atoms with Crippen molar-refractivity contribution < 1.29 is 8.78 Å². The van der Waals surface area contributed by atoms with Gasteiger partial charge in [0.05, 0.1) is 24.1 Å². The molecular formula is C20H20F2N4. The van der Waals surface area contributed by atoms with Gasteiger partial charge >= 0.3 is 0 Å². The minimum atomic E-state index is -0.689. The van der Waals surface area contributed by atoms with Gasteiger partial charge in [0.15, 0.2) is 5.82 Å². The van der Waals surface area contributed by atoms with Crippen LogP contribution in [0.25, 0.3) is 0 Å². The van der Waals surface area contributed by atoms with Crippen molar-refractivity contribution in [1.29, 1.82) is 0 Å². The molecule has 0 bridgehead atoms. The van der Waals surface area contributed by atoms with E-state index in [2.05, 4.69) is 46.8 Å². The van der Waals surface area contributed by atoms with Crippen LogP contribution in [0.3, 0.4) is 0 Å². The van der Waals surface area contributed by atoms with Crippen molar-refractivity contribution in [1.82, 2.24) is 9.78 Å². The van der Waals surface area contributed by atoms with Gasteiger partial charge in [0.2, 0.25) is 0 Å². The highest BCUT2D eigenvalue weighted by atomic mass is 19.1. The van der Waals surface area contributed by atoms with Gasteiger partial charge in [-0.25, -0.2) is 8.78 Å². The van der Waals surface area contributed by atoms with Crippen molar-refractivity contribution in [2.45, 2.75) is 27.3 Å². The molecular weight excluding hydrogens is 334 g/mol. The van der Waals surface area contributed by atoms with Crippen LogP contribution in [0.5, 0.6) is 0 Å². The molecule has 0 aliphatic rings. The summed E-state index contributed by atoms with van der Waals surface area (Å²) in [6.45, 7) is 6.59. The Morgan fingerprint density at radius 2 is 1.81 bits per heavy atom. The summed E-state index contributed by atoms with van der Waals surface area (Å²) in [5.74, 6) is -1.31. The Hall–Kier alpha value is -3.02. The first-order valence-electron chi connectivity index (χ1n) is 8.27. The highest BCUT2D eigenvalue weighted by Gasteiger charge is 2.10. The largest absolute Gasteiger partial charge is 0.276 e. The highest BCUT2D eigenvalue weighted by molar-refractivity contribution is 5.83. The SMILES string of the molecule is Cc1ccc(Cn2nc(C)c(/C=N/Nc3ccc(F)cc3F)c2C)cc1. The van der Waals surface area contributed by atoms with Gasteiger partial charge in [0.25, 0.3) is 0 Å². The third-order valence-electron chi connectivity index (χ3n) is 4.20. The molecule has 1 N–H and O–H groups in total. The summed E-state index contributed by atoms with van der Waals surface area (Å²) >= 11 is 0. The number of benzene rings is 2. The fourth-order valence-corrected chi connectivity index (χ4v) is 2.66. The number of halogens is 2. The Morgan fingerprint density at radius 1 is 1.08 bits per heavy atom. The van der Waals surface area contributed by atoms with E-state index in [0.29, 0.717) is 6.54 Å². The molecule has 6 heteroatoms. The summed E-state index contributed by atoms with van der Waals surface area (Å²) in [6.07, 6.45) is 1.60. The number of anilines is 1. The van der Waals surface area contributed by atoms with E-state index in [1.165, 1.54) is 17.7 Å². The Kier molecular flexibility index (Phi) is 5.11. The van der Waals surface area contributed by atoms with Gasteiger partial charge in [-0.05, 0) is 38.5 Å². The summed E-state index contributed by atoms with van der Waals surface area (Å²) < 4.78 is 28.5. The van der Waals surface area contributed by atoms with Gasteiger partial charge in [0.1, 0.15) is 5.82 Å². The van der Waals surface area contributed by atoms with Gasteiger partial charge < -0.3 is 0 Å². The zero-order valence-electron chi connectivity index (χ0n) is 14.9. The lowest BCUT2D eigenvalue weighted by Gasteiger charge is -2.05. The molecule has 134 valence electrons. The zero-order chi connectivity index (χ0) is 18.7. The third kappa shape index (κ3) is 3.96. The monoisotopic (exact) mass is 354 g/mol. The van der Waals surface area contributed by atoms with E-state index in [1.54, 1.807) is 6.21 Å². The van der Waals surface area contributed by atoms with E-state index < -0.39 is 11.6 Å². The zero-order valence-corrected chi connectivity index (χ0v) is 14.9. The summed E-state index contributed by atoms with van der Waals surface area (Å²) in [5.41, 5.74) is 7.76. The Balaban J connectivity index is 1.76. The Bertz CT molecular complexity index is 943. The van der Waals surface area contributed by atoms with Crippen LogP contribution < -0.4 is 5.43 Å². The van der Waals surface area contributed by atoms with Crippen LogP contribution in [0.15, 0.2) is 47.6 Å². The van der Waals surface area contributed by atoms with Gasteiger partial charge in [-0.1, -0.05) is 29.8 Å². The van der Waals surface area contributed by atoms with Gasteiger partial charge in [-0.2, -0.15) is 10.2 Å². The van der Waals surface area contributed by atoms with Crippen LogP contribution in [-0.2, 0) is 6.54 Å². The number of hydrogen-bond acceptors (Lipinski definition) is 3. The van der Waals surface area contributed by atoms with Crippen LogP contribution in [0.1, 0.15) is 28.1 Å². The maximum Gasteiger partial charge on any atom is 0.151 e. The number of hydrogen-bond donors (Lipinski definition) is 1. The summed E-state index contributed by atoms with van der Waals surface area (Å²) in [4.78, 5) is 0. The average molecular weight is 354 g/mol.